The molecule has 0 amide bonds. The third kappa shape index (κ3) is 3.91. The minimum atomic E-state index is -0.340. The molecule has 0 saturated heterocycles. The van der Waals surface area contributed by atoms with E-state index in [0.29, 0.717) is 11.6 Å². The van der Waals surface area contributed by atoms with Crippen molar-refractivity contribution >= 4 is 23.6 Å². The number of nitrogens with two attached hydrogens (primary N) is 1. The summed E-state index contributed by atoms with van der Waals surface area (Å²) in [7, 11) is 0. The molecular formula is C15H16FN5O2. The Morgan fingerprint density at radius 1 is 1.35 bits per heavy atom. The topological polar surface area (TPSA) is 103 Å². The minimum absolute atomic E-state index is 0.00968. The number of anilines is 3. The number of hydrogen-bond donors (Lipinski definition) is 2. The number of nitrogens with one attached hydrogen (secondary N) is 1. The van der Waals surface area contributed by atoms with Crippen LogP contribution in [0.2, 0.25) is 0 Å². The summed E-state index contributed by atoms with van der Waals surface area (Å²) in [4.78, 5) is 23.7. The zero-order chi connectivity index (χ0) is 16.4. The van der Waals surface area contributed by atoms with Crippen LogP contribution >= 0.6 is 0 Å². The number of carbonyl (C=O) groups is 1. The smallest absolute Gasteiger partial charge is 0.309 e. The molecule has 120 valence electrons. The van der Waals surface area contributed by atoms with E-state index in [9.17, 15) is 9.18 Å². The Morgan fingerprint density at radius 2 is 2.04 bits per heavy atom. The monoisotopic (exact) mass is 317 g/mol. The van der Waals surface area contributed by atoms with Gasteiger partial charge in [-0.05, 0) is 36.6 Å². The largest absolute Gasteiger partial charge is 0.457 e. The van der Waals surface area contributed by atoms with Crippen molar-refractivity contribution in [2.24, 2.45) is 11.8 Å². The molecule has 0 bridgehead atoms. The number of esters is 1. The number of aromatic nitrogens is 3. The van der Waals surface area contributed by atoms with Gasteiger partial charge < -0.3 is 15.8 Å². The summed E-state index contributed by atoms with van der Waals surface area (Å²) in [5.41, 5.74) is 6.24. The fraction of sp³-hybridized carbons (Fsp3) is 0.333. The lowest BCUT2D eigenvalue weighted by Crippen LogP contribution is -2.12. The molecule has 0 unspecified atom stereocenters. The van der Waals surface area contributed by atoms with Crippen molar-refractivity contribution in [3.05, 3.63) is 35.9 Å². The number of halogens is 1. The lowest BCUT2D eigenvalue weighted by atomic mass is 10.3. The van der Waals surface area contributed by atoms with Crippen molar-refractivity contribution in [3.8, 4) is 0 Å². The SMILES string of the molecule is C[C@@H]1C[C@@H]1C(=O)OCc1nc(N)nc(Nc2ccc(F)cc2)n1. The van der Waals surface area contributed by atoms with Crippen LogP contribution in [0.1, 0.15) is 19.2 Å². The van der Waals surface area contributed by atoms with Gasteiger partial charge in [-0.2, -0.15) is 15.0 Å². The molecule has 23 heavy (non-hydrogen) atoms. The highest BCUT2D eigenvalue weighted by Gasteiger charge is 2.40. The maximum Gasteiger partial charge on any atom is 0.309 e. The predicted octanol–water partition coefficient (Wildman–Crippen LogP) is 2.04. The molecule has 1 heterocycles. The van der Waals surface area contributed by atoms with E-state index in [1.807, 2.05) is 6.92 Å². The van der Waals surface area contributed by atoms with Crippen molar-refractivity contribution in [3.63, 3.8) is 0 Å². The Kier molecular flexibility index (Phi) is 4.05. The minimum Gasteiger partial charge on any atom is -0.457 e. The molecule has 0 spiro atoms. The second-order valence-electron chi connectivity index (χ2n) is 5.49. The standard InChI is InChI=1S/C15H16FN5O2/c1-8-6-11(8)13(22)23-7-12-19-14(17)21-15(20-12)18-10-4-2-9(16)3-5-10/h2-5,8,11H,6-7H2,1H3,(H3,17,18,19,20,21)/t8-,11+/m1/s1. The lowest BCUT2D eigenvalue weighted by molar-refractivity contribution is -0.147. The van der Waals surface area contributed by atoms with E-state index >= 15 is 0 Å². The van der Waals surface area contributed by atoms with Crippen molar-refractivity contribution in [1.82, 2.24) is 15.0 Å². The van der Waals surface area contributed by atoms with E-state index in [4.69, 9.17) is 10.5 Å². The van der Waals surface area contributed by atoms with Gasteiger partial charge in [0.15, 0.2) is 12.4 Å². The van der Waals surface area contributed by atoms with E-state index in [0.717, 1.165) is 6.42 Å². The maximum absolute atomic E-state index is 12.9. The molecule has 1 aromatic heterocycles. The normalized spacial score (nSPS) is 19.2. The van der Waals surface area contributed by atoms with Crippen molar-refractivity contribution in [1.29, 1.82) is 0 Å². The van der Waals surface area contributed by atoms with E-state index in [1.165, 1.54) is 12.1 Å². The van der Waals surface area contributed by atoms with Gasteiger partial charge in [-0.25, -0.2) is 4.39 Å². The summed E-state index contributed by atoms with van der Waals surface area (Å²) in [6.07, 6.45) is 0.857. The number of ether oxygens (including phenoxy) is 1. The molecule has 1 aliphatic carbocycles. The second-order valence-corrected chi connectivity index (χ2v) is 5.49. The first kappa shape index (κ1) is 15.1. The van der Waals surface area contributed by atoms with Gasteiger partial charge in [0.05, 0.1) is 5.92 Å². The van der Waals surface area contributed by atoms with Crippen LogP contribution in [0.25, 0.3) is 0 Å². The van der Waals surface area contributed by atoms with Crippen LogP contribution in [-0.4, -0.2) is 20.9 Å². The molecule has 8 heteroatoms. The summed E-state index contributed by atoms with van der Waals surface area (Å²) in [5, 5.41) is 2.89. The molecule has 2 aromatic rings. The van der Waals surface area contributed by atoms with Crippen LogP contribution in [0.5, 0.6) is 0 Å². The van der Waals surface area contributed by atoms with E-state index in [1.54, 1.807) is 12.1 Å². The molecule has 1 fully saturated rings. The van der Waals surface area contributed by atoms with Crippen LogP contribution in [-0.2, 0) is 16.1 Å². The molecular weight excluding hydrogens is 301 g/mol. The van der Waals surface area contributed by atoms with Gasteiger partial charge in [0.2, 0.25) is 11.9 Å². The first-order valence-electron chi connectivity index (χ1n) is 7.21. The molecule has 7 nitrogen and oxygen atoms in total. The van der Waals surface area contributed by atoms with E-state index < -0.39 is 0 Å². The van der Waals surface area contributed by atoms with Crippen LogP contribution in [0.15, 0.2) is 24.3 Å². The fourth-order valence-corrected chi connectivity index (χ4v) is 2.11. The van der Waals surface area contributed by atoms with E-state index in [2.05, 4.69) is 20.3 Å². The molecule has 0 aliphatic heterocycles. The lowest BCUT2D eigenvalue weighted by Gasteiger charge is -2.08. The zero-order valence-electron chi connectivity index (χ0n) is 12.5. The summed E-state index contributed by atoms with van der Waals surface area (Å²) < 4.78 is 18.1. The van der Waals surface area contributed by atoms with Gasteiger partial charge in [0.1, 0.15) is 5.82 Å². The van der Waals surface area contributed by atoms with Gasteiger partial charge >= 0.3 is 5.97 Å². The van der Waals surface area contributed by atoms with E-state index in [-0.39, 0.29) is 42.0 Å². The summed E-state index contributed by atoms with van der Waals surface area (Å²) >= 11 is 0. The highest BCUT2D eigenvalue weighted by Crippen LogP contribution is 2.38. The van der Waals surface area contributed by atoms with Gasteiger partial charge in [0.25, 0.3) is 0 Å². The summed E-state index contributed by atoms with van der Waals surface area (Å²) in [5.74, 6) is 0.235. The second kappa shape index (κ2) is 6.15. The number of carbonyl (C=O) groups excluding carboxylic acids is 1. The Bertz CT molecular complexity index is 722. The maximum atomic E-state index is 12.9. The molecule has 1 aliphatic rings. The molecule has 0 radical (unpaired) electrons. The van der Waals surface area contributed by atoms with Gasteiger partial charge in [-0.3, -0.25) is 4.79 Å². The van der Waals surface area contributed by atoms with Crippen LogP contribution in [0.4, 0.5) is 22.0 Å². The van der Waals surface area contributed by atoms with Gasteiger partial charge in [-0.1, -0.05) is 6.92 Å². The first-order valence-corrected chi connectivity index (χ1v) is 7.21. The Balaban J connectivity index is 1.66. The number of hydrogen-bond acceptors (Lipinski definition) is 7. The molecule has 3 rings (SSSR count). The third-order valence-electron chi connectivity index (χ3n) is 3.56. The third-order valence-corrected chi connectivity index (χ3v) is 3.56. The average molecular weight is 317 g/mol. The summed E-state index contributed by atoms with van der Waals surface area (Å²) in [6, 6.07) is 5.71. The van der Waals surface area contributed by atoms with Crippen LogP contribution < -0.4 is 11.1 Å². The number of nitrogens with zero attached hydrogens (tertiary/aromatic N) is 3. The highest BCUT2D eigenvalue weighted by atomic mass is 19.1. The van der Waals surface area contributed by atoms with Crippen molar-refractivity contribution in [2.45, 2.75) is 20.0 Å². The van der Waals surface area contributed by atoms with Gasteiger partial charge in [0, 0.05) is 5.69 Å². The highest BCUT2D eigenvalue weighted by molar-refractivity contribution is 5.75. The van der Waals surface area contributed by atoms with Crippen molar-refractivity contribution in [2.75, 3.05) is 11.1 Å². The molecule has 1 aromatic carbocycles. The Labute approximate surface area is 132 Å². The Hall–Kier alpha value is -2.77. The molecule has 2 atom stereocenters. The predicted molar refractivity (Wildman–Crippen MR) is 81.0 cm³/mol. The number of rotatable bonds is 5. The zero-order valence-corrected chi connectivity index (χ0v) is 12.5. The quantitative estimate of drug-likeness (QED) is 0.813. The Morgan fingerprint density at radius 3 is 2.70 bits per heavy atom. The van der Waals surface area contributed by atoms with Crippen LogP contribution in [0.3, 0.4) is 0 Å². The van der Waals surface area contributed by atoms with Crippen molar-refractivity contribution < 1.29 is 13.9 Å². The fourth-order valence-electron chi connectivity index (χ4n) is 2.11. The average Bonchev–Trinajstić information content (AvgIpc) is 3.24. The van der Waals surface area contributed by atoms with Gasteiger partial charge in [-0.15, -0.1) is 0 Å². The molecule has 3 N–H and O–H groups in total. The molecule has 1 saturated carbocycles. The first-order chi connectivity index (χ1) is 11.0. The number of nitrogen functional groups attached to an aromatic ring is 1. The van der Waals surface area contributed by atoms with Crippen LogP contribution in [0, 0.1) is 17.7 Å². The summed E-state index contributed by atoms with van der Waals surface area (Å²) in [6.45, 7) is 1.93. The number of benzene rings is 1.